The molecule has 0 aliphatic carbocycles. The first kappa shape index (κ1) is 23.4. The number of benzene rings is 3. The molecule has 0 radical (unpaired) electrons. The van der Waals surface area contributed by atoms with E-state index < -0.39 is 33.7 Å². The number of carboxylic acids is 1. The number of aliphatic carboxylic acids is 1. The van der Waals surface area contributed by atoms with Gasteiger partial charge in [0.25, 0.3) is 0 Å². The van der Waals surface area contributed by atoms with Gasteiger partial charge in [0.2, 0.25) is 0 Å². The van der Waals surface area contributed by atoms with Gasteiger partial charge in [0.15, 0.2) is 9.84 Å². The number of carboxylic acid groups (broad SMARTS) is 1. The minimum Gasteiger partial charge on any atom is -0.480 e. The molecule has 0 saturated heterocycles. The quantitative estimate of drug-likeness (QED) is 0.486. The third-order valence-electron chi connectivity index (χ3n) is 4.35. The van der Waals surface area contributed by atoms with Crippen molar-refractivity contribution in [3.63, 3.8) is 0 Å². The highest BCUT2D eigenvalue weighted by molar-refractivity contribution is 7.99. The Labute approximate surface area is 190 Å². The van der Waals surface area contributed by atoms with Crippen molar-refractivity contribution >= 4 is 33.7 Å². The number of amides is 1. The molecule has 0 fully saturated rings. The highest BCUT2D eigenvalue weighted by atomic mass is 32.2. The van der Waals surface area contributed by atoms with Crippen molar-refractivity contribution in [1.82, 2.24) is 5.32 Å². The molecule has 3 aromatic carbocycles. The van der Waals surface area contributed by atoms with E-state index in [1.54, 1.807) is 36.4 Å². The summed E-state index contributed by atoms with van der Waals surface area (Å²) in [5.41, 5.74) is 0.718. The molecule has 3 rings (SSSR count). The summed E-state index contributed by atoms with van der Waals surface area (Å²) in [6.45, 7) is -0.0632. The van der Waals surface area contributed by atoms with E-state index in [0.29, 0.717) is 0 Å². The Morgan fingerprint density at radius 2 is 1.44 bits per heavy atom. The molecule has 0 unspecified atom stereocenters. The number of hydrogen-bond donors (Lipinski definition) is 2. The van der Waals surface area contributed by atoms with Crippen LogP contribution in [0.2, 0.25) is 0 Å². The Bertz CT molecular complexity index is 1150. The smallest absolute Gasteiger partial charge is 0.408 e. The van der Waals surface area contributed by atoms with Crippen LogP contribution >= 0.6 is 11.8 Å². The monoisotopic (exact) mass is 471 g/mol. The Morgan fingerprint density at radius 3 is 2.03 bits per heavy atom. The van der Waals surface area contributed by atoms with Crippen LogP contribution in [0.15, 0.2) is 99.6 Å². The van der Waals surface area contributed by atoms with Crippen molar-refractivity contribution < 1.29 is 27.9 Å². The lowest BCUT2D eigenvalue weighted by molar-refractivity contribution is -0.138. The largest absolute Gasteiger partial charge is 0.480 e. The number of hydrogen-bond acceptors (Lipinski definition) is 6. The Morgan fingerprint density at radius 1 is 0.875 bits per heavy atom. The molecule has 0 spiro atoms. The van der Waals surface area contributed by atoms with Gasteiger partial charge in [0.05, 0.1) is 10.6 Å². The van der Waals surface area contributed by atoms with Crippen LogP contribution < -0.4 is 5.32 Å². The number of ether oxygens (including phenoxy) is 1. The molecule has 1 atom stereocenters. The van der Waals surface area contributed by atoms with Crippen LogP contribution in [0.4, 0.5) is 4.79 Å². The second kappa shape index (κ2) is 10.8. The summed E-state index contributed by atoms with van der Waals surface area (Å²) in [6, 6.07) is 22.9. The summed E-state index contributed by atoms with van der Waals surface area (Å²) >= 11 is 1.48. The van der Waals surface area contributed by atoms with Crippen molar-refractivity contribution in [3.8, 4) is 0 Å². The molecule has 3 aromatic rings. The molecule has 0 aromatic heterocycles. The Balaban J connectivity index is 1.61. The highest BCUT2D eigenvalue weighted by Crippen LogP contribution is 2.28. The summed E-state index contributed by atoms with van der Waals surface area (Å²) in [7, 11) is -3.97. The SMILES string of the molecule is O=C(N[C@@H](CS(=O)(=O)c1ccc(Sc2ccccc2)cc1)C(=O)O)OCc1ccccc1. The third-order valence-corrected chi connectivity index (χ3v) is 7.13. The Kier molecular flexibility index (Phi) is 7.91. The second-order valence-corrected chi connectivity index (χ2v) is 9.95. The van der Waals surface area contributed by atoms with Gasteiger partial charge in [-0.1, -0.05) is 60.3 Å². The van der Waals surface area contributed by atoms with E-state index in [1.807, 2.05) is 36.4 Å². The molecule has 7 nitrogen and oxygen atoms in total. The van der Waals surface area contributed by atoms with Crippen molar-refractivity contribution in [1.29, 1.82) is 0 Å². The molecule has 9 heteroatoms. The fraction of sp³-hybridized carbons (Fsp3) is 0.130. The third kappa shape index (κ3) is 6.86. The van der Waals surface area contributed by atoms with Crippen molar-refractivity contribution in [3.05, 3.63) is 90.5 Å². The molecule has 0 heterocycles. The number of alkyl carbamates (subject to hydrolysis) is 1. The van der Waals surface area contributed by atoms with E-state index in [2.05, 4.69) is 5.32 Å². The molecule has 0 bridgehead atoms. The highest BCUT2D eigenvalue weighted by Gasteiger charge is 2.28. The first-order valence-corrected chi connectivity index (χ1v) is 12.1. The minimum atomic E-state index is -3.97. The number of carbonyl (C=O) groups is 2. The molecule has 1 amide bonds. The van der Waals surface area contributed by atoms with Gasteiger partial charge in [0, 0.05) is 9.79 Å². The first-order valence-electron chi connectivity index (χ1n) is 9.59. The van der Waals surface area contributed by atoms with Crippen molar-refractivity contribution in [2.24, 2.45) is 0 Å². The molecule has 0 aliphatic rings. The number of sulfone groups is 1. The van der Waals surface area contributed by atoms with Crippen LogP contribution in [0.1, 0.15) is 5.56 Å². The first-order chi connectivity index (χ1) is 15.3. The van der Waals surface area contributed by atoms with Crippen LogP contribution in [-0.4, -0.2) is 37.4 Å². The maximum absolute atomic E-state index is 12.7. The van der Waals surface area contributed by atoms with E-state index in [4.69, 9.17) is 4.74 Å². The average molecular weight is 472 g/mol. The van der Waals surface area contributed by atoms with E-state index in [-0.39, 0.29) is 11.5 Å². The van der Waals surface area contributed by atoms with Crippen LogP contribution in [0.5, 0.6) is 0 Å². The second-order valence-electron chi connectivity index (χ2n) is 6.76. The molecule has 0 saturated carbocycles. The standard InChI is InChI=1S/C23H21NO6S2/c25-22(26)21(24-23(27)30-15-17-7-3-1-4-8-17)16-32(28,29)20-13-11-19(12-14-20)31-18-9-5-2-6-10-18/h1-14,21H,15-16H2,(H,24,27)(H,25,26)/t21-/m0/s1. The van der Waals surface area contributed by atoms with Gasteiger partial charge >= 0.3 is 12.1 Å². The molecular formula is C23H21NO6S2. The summed E-state index contributed by atoms with van der Waals surface area (Å²) in [5.74, 6) is -2.27. The average Bonchev–Trinajstić information content (AvgIpc) is 2.79. The summed E-state index contributed by atoms with van der Waals surface area (Å²) in [6.07, 6.45) is -1.01. The number of rotatable bonds is 9. The maximum atomic E-state index is 12.7. The van der Waals surface area contributed by atoms with Crippen LogP contribution in [-0.2, 0) is 26.0 Å². The normalized spacial score (nSPS) is 12.0. The Hall–Kier alpha value is -3.30. The fourth-order valence-corrected chi connectivity index (χ4v) is 4.98. The van der Waals surface area contributed by atoms with E-state index in [1.165, 1.54) is 23.9 Å². The minimum absolute atomic E-state index is 0.0272. The summed E-state index contributed by atoms with van der Waals surface area (Å²) in [4.78, 5) is 25.3. The van der Waals surface area contributed by atoms with E-state index in [9.17, 15) is 23.1 Å². The van der Waals surface area contributed by atoms with Gasteiger partial charge < -0.3 is 15.2 Å². The lowest BCUT2D eigenvalue weighted by Gasteiger charge is -2.15. The van der Waals surface area contributed by atoms with Crippen LogP contribution in [0.3, 0.4) is 0 Å². The number of nitrogens with one attached hydrogen (secondary N) is 1. The molecule has 0 aliphatic heterocycles. The van der Waals surface area contributed by atoms with Gasteiger partial charge in [-0.05, 0) is 42.0 Å². The van der Waals surface area contributed by atoms with Crippen LogP contribution in [0.25, 0.3) is 0 Å². The van der Waals surface area contributed by atoms with Crippen molar-refractivity contribution in [2.45, 2.75) is 27.3 Å². The summed E-state index contributed by atoms with van der Waals surface area (Å²) in [5, 5.41) is 11.5. The van der Waals surface area contributed by atoms with Gasteiger partial charge in [-0.2, -0.15) is 0 Å². The topological polar surface area (TPSA) is 110 Å². The predicted molar refractivity (Wildman–Crippen MR) is 120 cm³/mol. The van der Waals surface area contributed by atoms with Gasteiger partial charge in [-0.25, -0.2) is 18.0 Å². The molecule has 32 heavy (non-hydrogen) atoms. The van der Waals surface area contributed by atoms with Gasteiger partial charge in [-0.15, -0.1) is 0 Å². The van der Waals surface area contributed by atoms with Crippen molar-refractivity contribution in [2.75, 3.05) is 5.75 Å². The molecular weight excluding hydrogens is 450 g/mol. The van der Waals surface area contributed by atoms with Crippen LogP contribution in [0, 0.1) is 0 Å². The zero-order chi connectivity index (χ0) is 23.0. The van der Waals surface area contributed by atoms with E-state index >= 15 is 0 Å². The van der Waals surface area contributed by atoms with Gasteiger partial charge in [0.1, 0.15) is 12.6 Å². The molecule has 2 N–H and O–H groups in total. The predicted octanol–water partition coefficient (Wildman–Crippen LogP) is 3.99. The summed E-state index contributed by atoms with van der Waals surface area (Å²) < 4.78 is 30.4. The lowest BCUT2D eigenvalue weighted by atomic mass is 10.2. The zero-order valence-corrected chi connectivity index (χ0v) is 18.5. The lowest BCUT2D eigenvalue weighted by Crippen LogP contribution is -2.45. The fourth-order valence-electron chi connectivity index (χ4n) is 2.74. The number of carbonyl (C=O) groups excluding carboxylic acids is 1. The van der Waals surface area contributed by atoms with Gasteiger partial charge in [-0.3, -0.25) is 0 Å². The maximum Gasteiger partial charge on any atom is 0.408 e. The molecule has 166 valence electrons. The zero-order valence-electron chi connectivity index (χ0n) is 16.9. The van der Waals surface area contributed by atoms with E-state index in [0.717, 1.165) is 15.4 Å².